The van der Waals surface area contributed by atoms with Crippen LogP contribution in [-0.4, -0.2) is 47.5 Å². The van der Waals surface area contributed by atoms with Crippen molar-refractivity contribution in [3.05, 3.63) is 0 Å². The molecule has 2 heterocycles. The van der Waals surface area contributed by atoms with Crippen molar-refractivity contribution in [3.8, 4) is 0 Å². The molecule has 0 radical (unpaired) electrons. The second-order valence-corrected chi connectivity index (χ2v) is 10.8. The highest BCUT2D eigenvalue weighted by atomic mass is 15.5. The Bertz CT molecular complexity index is 516. The second kappa shape index (κ2) is 5.89. The molecule has 4 saturated carbocycles. The monoisotopic (exact) mass is 343 g/mol. The number of guanidine groups is 1. The van der Waals surface area contributed by atoms with Crippen molar-refractivity contribution in [1.82, 2.24) is 9.80 Å². The lowest BCUT2D eigenvalue weighted by molar-refractivity contribution is -0.0596. The number of hydrogen-bond donors (Lipinski definition) is 0. The van der Waals surface area contributed by atoms with Crippen LogP contribution in [0.5, 0.6) is 0 Å². The summed E-state index contributed by atoms with van der Waals surface area (Å²) in [5.41, 5.74) is 0.704. The van der Waals surface area contributed by atoms with Gasteiger partial charge < -0.3 is 9.80 Å². The van der Waals surface area contributed by atoms with Gasteiger partial charge in [-0.25, -0.2) is 0 Å². The SMILES string of the molecule is CC(C)C[C@@H]1CN2C(=NC[C@@H]2C)N1CCC12CC3CC(CC(C3)C1)C2. The van der Waals surface area contributed by atoms with E-state index in [2.05, 4.69) is 30.6 Å². The minimum atomic E-state index is 0.620. The number of hydrogen-bond acceptors (Lipinski definition) is 3. The van der Waals surface area contributed by atoms with Gasteiger partial charge in [-0.3, -0.25) is 4.99 Å². The van der Waals surface area contributed by atoms with Crippen LogP contribution in [0.15, 0.2) is 4.99 Å². The zero-order valence-electron chi connectivity index (χ0n) is 16.6. The van der Waals surface area contributed by atoms with Crippen LogP contribution in [0.3, 0.4) is 0 Å². The highest BCUT2D eigenvalue weighted by Gasteiger charge is 2.51. The topological polar surface area (TPSA) is 18.8 Å². The molecule has 5 fully saturated rings. The van der Waals surface area contributed by atoms with Crippen LogP contribution in [0.2, 0.25) is 0 Å². The van der Waals surface area contributed by atoms with Gasteiger partial charge in [-0.05, 0) is 87.4 Å². The molecule has 0 amide bonds. The quantitative estimate of drug-likeness (QED) is 0.737. The van der Waals surface area contributed by atoms with Crippen LogP contribution in [0.4, 0.5) is 0 Å². The molecule has 2 atom stereocenters. The lowest BCUT2D eigenvalue weighted by Crippen LogP contribution is -2.48. The zero-order chi connectivity index (χ0) is 17.2. The lowest BCUT2D eigenvalue weighted by atomic mass is 9.49. The summed E-state index contributed by atoms with van der Waals surface area (Å²) in [5.74, 6) is 5.37. The number of fused-ring (bicyclic) bond motifs is 1. The van der Waals surface area contributed by atoms with E-state index in [1.807, 2.05) is 0 Å². The third kappa shape index (κ3) is 2.80. The first-order valence-corrected chi connectivity index (χ1v) is 11.1. The normalized spacial score (nSPS) is 44.8. The van der Waals surface area contributed by atoms with Crippen molar-refractivity contribution in [2.45, 2.75) is 84.2 Å². The third-order valence-electron chi connectivity index (χ3n) is 8.18. The van der Waals surface area contributed by atoms with E-state index in [-0.39, 0.29) is 0 Å². The van der Waals surface area contributed by atoms with Gasteiger partial charge in [-0.2, -0.15) is 0 Å². The summed E-state index contributed by atoms with van der Waals surface area (Å²) in [6.45, 7) is 10.6. The van der Waals surface area contributed by atoms with E-state index in [1.165, 1.54) is 31.9 Å². The van der Waals surface area contributed by atoms with Crippen molar-refractivity contribution in [1.29, 1.82) is 0 Å². The molecular weight excluding hydrogens is 306 g/mol. The predicted octanol–water partition coefficient (Wildman–Crippen LogP) is 4.38. The van der Waals surface area contributed by atoms with E-state index >= 15 is 0 Å². The molecule has 3 heteroatoms. The molecule has 25 heavy (non-hydrogen) atoms. The van der Waals surface area contributed by atoms with Crippen molar-refractivity contribution >= 4 is 5.96 Å². The molecule has 6 aliphatic rings. The largest absolute Gasteiger partial charge is 0.338 e. The van der Waals surface area contributed by atoms with Crippen LogP contribution < -0.4 is 0 Å². The minimum absolute atomic E-state index is 0.620. The highest BCUT2D eigenvalue weighted by Crippen LogP contribution is 2.61. The standard InChI is InChI=1S/C22H37N3/c1-15(2)6-20-14-25-16(3)13-23-21(25)24(20)5-4-22-10-17-7-18(11-22)9-19(8-17)12-22/h15-20H,4-14H2,1-3H3/t16-,17?,18?,19?,20+,22?/m0/s1. The average Bonchev–Trinajstić information content (AvgIpc) is 3.03. The Morgan fingerprint density at radius 2 is 1.72 bits per heavy atom. The van der Waals surface area contributed by atoms with E-state index in [4.69, 9.17) is 4.99 Å². The molecule has 0 aromatic heterocycles. The van der Waals surface area contributed by atoms with Gasteiger partial charge in [0, 0.05) is 25.2 Å². The first kappa shape index (κ1) is 16.4. The highest BCUT2D eigenvalue weighted by molar-refractivity contribution is 5.84. The van der Waals surface area contributed by atoms with Crippen LogP contribution in [0.1, 0.15) is 72.1 Å². The van der Waals surface area contributed by atoms with Gasteiger partial charge in [0.1, 0.15) is 0 Å². The van der Waals surface area contributed by atoms with E-state index in [9.17, 15) is 0 Å². The van der Waals surface area contributed by atoms with Crippen LogP contribution in [0.25, 0.3) is 0 Å². The molecule has 140 valence electrons. The van der Waals surface area contributed by atoms with E-state index in [1.54, 1.807) is 38.5 Å². The molecule has 0 unspecified atom stereocenters. The molecule has 0 aromatic rings. The van der Waals surface area contributed by atoms with Gasteiger partial charge in [0.2, 0.25) is 0 Å². The summed E-state index contributed by atoms with van der Waals surface area (Å²) in [7, 11) is 0. The summed E-state index contributed by atoms with van der Waals surface area (Å²) in [6.07, 6.45) is 12.1. The van der Waals surface area contributed by atoms with Gasteiger partial charge >= 0.3 is 0 Å². The first-order valence-electron chi connectivity index (χ1n) is 11.1. The zero-order valence-corrected chi connectivity index (χ0v) is 16.6. The Kier molecular flexibility index (Phi) is 3.87. The number of aliphatic imine (C=N–C) groups is 1. The van der Waals surface area contributed by atoms with Gasteiger partial charge in [0.05, 0.1) is 6.54 Å². The fourth-order valence-electron chi connectivity index (χ4n) is 7.59. The van der Waals surface area contributed by atoms with Gasteiger partial charge in [-0.15, -0.1) is 0 Å². The Balaban J connectivity index is 1.30. The Labute approximate surface area is 154 Å². The maximum absolute atomic E-state index is 4.95. The molecule has 0 spiro atoms. The van der Waals surface area contributed by atoms with Crippen LogP contribution >= 0.6 is 0 Å². The first-order chi connectivity index (χ1) is 12.0. The number of rotatable bonds is 5. The molecule has 4 bridgehead atoms. The average molecular weight is 344 g/mol. The lowest BCUT2D eigenvalue weighted by Gasteiger charge is -2.57. The molecule has 1 saturated heterocycles. The van der Waals surface area contributed by atoms with Gasteiger partial charge in [0.15, 0.2) is 5.96 Å². The van der Waals surface area contributed by atoms with Crippen LogP contribution in [0, 0.1) is 29.1 Å². The summed E-state index contributed by atoms with van der Waals surface area (Å²) in [5, 5.41) is 0. The Morgan fingerprint density at radius 3 is 2.32 bits per heavy atom. The van der Waals surface area contributed by atoms with Gasteiger partial charge in [-0.1, -0.05) is 13.8 Å². The molecule has 6 rings (SSSR count). The minimum Gasteiger partial charge on any atom is -0.338 e. The third-order valence-corrected chi connectivity index (χ3v) is 8.18. The molecule has 0 N–H and O–H groups in total. The van der Waals surface area contributed by atoms with Crippen molar-refractivity contribution in [3.63, 3.8) is 0 Å². The van der Waals surface area contributed by atoms with Crippen molar-refractivity contribution in [2.24, 2.45) is 34.1 Å². The van der Waals surface area contributed by atoms with E-state index in [0.717, 1.165) is 30.2 Å². The summed E-state index contributed by atoms with van der Waals surface area (Å²) < 4.78 is 0. The summed E-state index contributed by atoms with van der Waals surface area (Å²) >= 11 is 0. The summed E-state index contributed by atoms with van der Waals surface area (Å²) in [6, 6.07) is 1.32. The molecule has 2 aliphatic heterocycles. The van der Waals surface area contributed by atoms with Crippen molar-refractivity contribution < 1.29 is 0 Å². The smallest absolute Gasteiger partial charge is 0.197 e. The molecular formula is C22H37N3. The number of nitrogens with zero attached hydrogens (tertiary/aromatic N) is 3. The van der Waals surface area contributed by atoms with E-state index < -0.39 is 0 Å². The molecule has 4 aliphatic carbocycles. The molecule has 3 nitrogen and oxygen atoms in total. The maximum Gasteiger partial charge on any atom is 0.197 e. The maximum atomic E-state index is 4.95. The second-order valence-electron chi connectivity index (χ2n) is 10.8. The van der Waals surface area contributed by atoms with Gasteiger partial charge in [0.25, 0.3) is 0 Å². The van der Waals surface area contributed by atoms with Crippen LogP contribution in [-0.2, 0) is 0 Å². The van der Waals surface area contributed by atoms with Crippen molar-refractivity contribution in [2.75, 3.05) is 19.6 Å². The Morgan fingerprint density at radius 1 is 1.08 bits per heavy atom. The predicted molar refractivity (Wildman–Crippen MR) is 104 cm³/mol. The van der Waals surface area contributed by atoms with E-state index in [0.29, 0.717) is 17.5 Å². The fourth-order valence-corrected chi connectivity index (χ4v) is 7.59. The molecule has 0 aromatic carbocycles. The fraction of sp³-hybridized carbons (Fsp3) is 0.955. The Hall–Kier alpha value is -0.730. The summed E-state index contributed by atoms with van der Waals surface area (Å²) in [4.78, 5) is 10.3.